The second-order valence-electron chi connectivity index (χ2n) is 5.19. The Labute approximate surface area is 141 Å². The first-order valence-electron chi connectivity index (χ1n) is 6.81. The second kappa shape index (κ2) is 6.32. The summed E-state index contributed by atoms with van der Waals surface area (Å²) in [6.07, 6.45) is 0.264. The Balaban J connectivity index is 1.69. The summed E-state index contributed by atoms with van der Waals surface area (Å²) in [4.78, 5) is 20.9. The predicted octanol–water partition coefficient (Wildman–Crippen LogP) is 4.71. The van der Waals surface area contributed by atoms with Crippen molar-refractivity contribution in [3.05, 3.63) is 39.3 Å². The monoisotopic (exact) mass is 351 g/mol. The number of rotatable bonds is 4. The van der Waals surface area contributed by atoms with E-state index in [0.717, 1.165) is 20.9 Å². The molecule has 0 spiro atoms. The van der Waals surface area contributed by atoms with Gasteiger partial charge in [-0.3, -0.25) is 4.79 Å². The molecule has 2 aromatic heterocycles. The molecule has 0 fully saturated rings. The van der Waals surface area contributed by atoms with Crippen LogP contribution in [-0.4, -0.2) is 15.9 Å². The van der Waals surface area contributed by atoms with Crippen LogP contribution in [0.1, 0.15) is 30.5 Å². The summed E-state index contributed by atoms with van der Waals surface area (Å²) in [6, 6.07) is 5.48. The van der Waals surface area contributed by atoms with E-state index in [9.17, 15) is 4.79 Å². The van der Waals surface area contributed by atoms with Crippen molar-refractivity contribution >= 4 is 55.5 Å². The van der Waals surface area contributed by atoms with Gasteiger partial charge >= 0.3 is 0 Å². The van der Waals surface area contributed by atoms with E-state index in [0.29, 0.717) is 16.1 Å². The summed E-state index contributed by atoms with van der Waals surface area (Å²) < 4.78 is 0.957. The average molecular weight is 352 g/mol. The quantitative estimate of drug-likeness (QED) is 0.740. The zero-order chi connectivity index (χ0) is 15.7. The number of nitrogens with one attached hydrogen (secondary N) is 1. The second-order valence-corrected chi connectivity index (χ2v) is 7.54. The van der Waals surface area contributed by atoms with Crippen LogP contribution in [0.25, 0.3) is 10.2 Å². The molecule has 0 aliphatic heterocycles. The van der Waals surface area contributed by atoms with E-state index >= 15 is 0 Å². The van der Waals surface area contributed by atoms with Crippen molar-refractivity contribution in [2.24, 2.45) is 0 Å². The van der Waals surface area contributed by atoms with Gasteiger partial charge in [-0.05, 0) is 18.2 Å². The number of thiazole rings is 2. The molecule has 0 aliphatic rings. The van der Waals surface area contributed by atoms with Gasteiger partial charge in [-0.15, -0.1) is 11.3 Å². The number of benzene rings is 1. The molecule has 3 rings (SSSR count). The molecular weight excluding hydrogens is 338 g/mol. The van der Waals surface area contributed by atoms with Crippen molar-refractivity contribution in [3.8, 4) is 0 Å². The lowest BCUT2D eigenvalue weighted by Crippen LogP contribution is -2.14. The van der Waals surface area contributed by atoms with Gasteiger partial charge in [0.1, 0.15) is 0 Å². The third kappa shape index (κ3) is 3.45. The Morgan fingerprint density at radius 2 is 2.18 bits per heavy atom. The van der Waals surface area contributed by atoms with Gasteiger partial charge in [-0.25, -0.2) is 9.97 Å². The van der Waals surface area contributed by atoms with Crippen LogP contribution in [0.2, 0.25) is 5.02 Å². The molecule has 0 radical (unpaired) electrons. The number of carbonyl (C=O) groups excluding carboxylic acids is 1. The molecule has 7 heteroatoms. The highest BCUT2D eigenvalue weighted by Gasteiger charge is 2.12. The Morgan fingerprint density at radius 1 is 1.36 bits per heavy atom. The minimum atomic E-state index is -0.106. The molecule has 114 valence electrons. The summed E-state index contributed by atoms with van der Waals surface area (Å²) in [6.45, 7) is 4.18. The molecule has 0 saturated carbocycles. The topological polar surface area (TPSA) is 54.9 Å². The molecule has 0 aliphatic carbocycles. The van der Waals surface area contributed by atoms with Gasteiger partial charge in [0.15, 0.2) is 5.13 Å². The SMILES string of the molecule is CC(C)c1nc(CC(=O)Nc2nc3ccc(Cl)cc3s2)cs1. The lowest BCUT2D eigenvalue weighted by atomic mass is 10.2. The van der Waals surface area contributed by atoms with E-state index in [1.807, 2.05) is 17.5 Å². The molecule has 0 unspecified atom stereocenters. The number of anilines is 1. The van der Waals surface area contributed by atoms with Gasteiger partial charge in [0, 0.05) is 16.3 Å². The molecule has 1 N–H and O–H groups in total. The van der Waals surface area contributed by atoms with Crippen molar-refractivity contribution in [1.82, 2.24) is 9.97 Å². The molecule has 22 heavy (non-hydrogen) atoms. The summed E-state index contributed by atoms with van der Waals surface area (Å²) in [5, 5.41) is 7.07. The number of carbonyl (C=O) groups is 1. The first-order chi connectivity index (χ1) is 10.5. The van der Waals surface area contributed by atoms with Crippen molar-refractivity contribution in [3.63, 3.8) is 0 Å². The van der Waals surface area contributed by atoms with Crippen molar-refractivity contribution in [2.45, 2.75) is 26.2 Å². The number of hydrogen-bond acceptors (Lipinski definition) is 5. The highest BCUT2D eigenvalue weighted by molar-refractivity contribution is 7.22. The van der Waals surface area contributed by atoms with Crippen LogP contribution in [-0.2, 0) is 11.2 Å². The first-order valence-corrected chi connectivity index (χ1v) is 8.89. The predicted molar refractivity (Wildman–Crippen MR) is 93.2 cm³/mol. The molecule has 0 bridgehead atoms. The van der Waals surface area contributed by atoms with Crippen LogP contribution in [0.4, 0.5) is 5.13 Å². The summed E-state index contributed by atoms with van der Waals surface area (Å²) in [5.41, 5.74) is 1.64. The highest BCUT2D eigenvalue weighted by atomic mass is 35.5. The van der Waals surface area contributed by atoms with Crippen molar-refractivity contribution < 1.29 is 4.79 Å². The minimum Gasteiger partial charge on any atom is -0.302 e. The van der Waals surface area contributed by atoms with Crippen LogP contribution in [0, 0.1) is 0 Å². The number of nitrogens with zero attached hydrogens (tertiary/aromatic N) is 2. The molecule has 0 atom stereocenters. The third-order valence-corrected chi connectivity index (χ3v) is 5.36. The summed E-state index contributed by atoms with van der Waals surface area (Å²) in [5.74, 6) is 0.279. The van der Waals surface area contributed by atoms with E-state index < -0.39 is 0 Å². The minimum absolute atomic E-state index is 0.106. The maximum absolute atomic E-state index is 12.1. The maximum Gasteiger partial charge on any atom is 0.232 e. The number of halogens is 1. The lowest BCUT2D eigenvalue weighted by molar-refractivity contribution is -0.115. The van der Waals surface area contributed by atoms with Gasteiger partial charge < -0.3 is 5.32 Å². The highest BCUT2D eigenvalue weighted by Crippen LogP contribution is 2.28. The standard InChI is InChI=1S/C15H14ClN3OS2/c1-8(2)14-17-10(7-21-14)6-13(20)19-15-18-11-4-3-9(16)5-12(11)22-15/h3-5,7-8H,6H2,1-2H3,(H,18,19,20). The summed E-state index contributed by atoms with van der Waals surface area (Å²) in [7, 11) is 0. The Hall–Kier alpha value is -1.50. The number of amides is 1. The third-order valence-electron chi connectivity index (χ3n) is 3.00. The fourth-order valence-corrected chi connectivity index (χ4v) is 3.94. The van der Waals surface area contributed by atoms with Crippen LogP contribution in [0.3, 0.4) is 0 Å². The van der Waals surface area contributed by atoms with E-state index in [-0.39, 0.29) is 12.3 Å². The van der Waals surface area contributed by atoms with Gasteiger partial charge in [-0.2, -0.15) is 0 Å². The van der Waals surface area contributed by atoms with E-state index in [1.54, 1.807) is 17.4 Å². The summed E-state index contributed by atoms with van der Waals surface area (Å²) >= 11 is 8.96. The largest absolute Gasteiger partial charge is 0.302 e. The van der Waals surface area contributed by atoms with Gasteiger partial charge in [-0.1, -0.05) is 36.8 Å². The van der Waals surface area contributed by atoms with E-state index in [2.05, 4.69) is 29.1 Å². The fourth-order valence-electron chi connectivity index (χ4n) is 1.95. The lowest BCUT2D eigenvalue weighted by Gasteiger charge is -1.99. The zero-order valence-electron chi connectivity index (χ0n) is 12.1. The molecule has 3 aromatic rings. The molecule has 1 aromatic carbocycles. The van der Waals surface area contributed by atoms with E-state index in [1.165, 1.54) is 11.3 Å². The van der Waals surface area contributed by atoms with Crippen molar-refractivity contribution in [1.29, 1.82) is 0 Å². The zero-order valence-corrected chi connectivity index (χ0v) is 14.5. The normalized spacial score (nSPS) is 11.3. The Kier molecular flexibility index (Phi) is 4.42. The fraction of sp³-hybridized carbons (Fsp3) is 0.267. The molecule has 2 heterocycles. The van der Waals surface area contributed by atoms with Crippen LogP contribution in [0.5, 0.6) is 0 Å². The number of fused-ring (bicyclic) bond motifs is 1. The Morgan fingerprint density at radius 3 is 2.91 bits per heavy atom. The van der Waals surface area contributed by atoms with E-state index in [4.69, 9.17) is 11.6 Å². The first kappa shape index (κ1) is 15.4. The molecular formula is C15H14ClN3OS2. The van der Waals surface area contributed by atoms with Crippen LogP contribution >= 0.6 is 34.3 Å². The Bertz CT molecular complexity index is 825. The van der Waals surface area contributed by atoms with Crippen LogP contribution in [0.15, 0.2) is 23.6 Å². The van der Waals surface area contributed by atoms with Gasteiger partial charge in [0.25, 0.3) is 0 Å². The molecule has 4 nitrogen and oxygen atoms in total. The van der Waals surface area contributed by atoms with Gasteiger partial charge in [0.2, 0.25) is 5.91 Å². The smallest absolute Gasteiger partial charge is 0.232 e. The van der Waals surface area contributed by atoms with Crippen molar-refractivity contribution in [2.75, 3.05) is 5.32 Å². The van der Waals surface area contributed by atoms with Gasteiger partial charge in [0.05, 0.1) is 27.3 Å². The molecule has 0 saturated heterocycles. The number of aromatic nitrogens is 2. The molecule has 1 amide bonds. The van der Waals surface area contributed by atoms with Crippen LogP contribution < -0.4 is 5.32 Å². The average Bonchev–Trinajstić information content (AvgIpc) is 3.04. The maximum atomic E-state index is 12.1. The number of hydrogen-bond donors (Lipinski definition) is 1.